The smallest absolute Gasteiger partial charge is 0.305 e. The van der Waals surface area contributed by atoms with Gasteiger partial charge in [0.25, 0.3) is 0 Å². The maximum Gasteiger partial charge on any atom is 0.305 e. The van der Waals surface area contributed by atoms with Gasteiger partial charge in [-0.15, -0.1) is 0 Å². The molecule has 0 fully saturated rings. The highest BCUT2D eigenvalue weighted by Gasteiger charge is 2.21. The number of methoxy groups -OCH3 is 1. The van der Waals surface area contributed by atoms with Crippen molar-refractivity contribution >= 4 is 5.97 Å². The number of nitrogens with two attached hydrogens (primary N) is 1. The number of carboxylic acids is 1. The highest BCUT2D eigenvalue weighted by atomic mass is 16.5. The molecule has 1 atom stereocenters. The molecule has 0 amide bonds. The monoisotopic (exact) mass is 251 g/mol. The molecule has 0 aliphatic heterocycles. The van der Waals surface area contributed by atoms with Gasteiger partial charge in [0.2, 0.25) is 0 Å². The van der Waals surface area contributed by atoms with Crippen LogP contribution in [-0.4, -0.2) is 18.2 Å². The van der Waals surface area contributed by atoms with E-state index in [0.717, 1.165) is 16.9 Å². The second-order valence-electron chi connectivity index (χ2n) is 5.41. The number of rotatable bonds is 4. The lowest BCUT2D eigenvalue weighted by atomic mass is 9.84. The zero-order valence-corrected chi connectivity index (χ0v) is 11.4. The van der Waals surface area contributed by atoms with Gasteiger partial charge < -0.3 is 15.6 Å². The van der Waals surface area contributed by atoms with E-state index in [-0.39, 0.29) is 11.8 Å². The van der Waals surface area contributed by atoms with Gasteiger partial charge >= 0.3 is 5.97 Å². The van der Waals surface area contributed by atoms with Crippen molar-refractivity contribution in [3.63, 3.8) is 0 Å². The summed E-state index contributed by atoms with van der Waals surface area (Å²) in [6, 6.07) is 5.11. The number of aliphatic carboxylic acids is 1. The summed E-state index contributed by atoms with van der Waals surface area (Å²) >= 11 is 0. The molecule has 100 valence electrons. The van der Waals surface area contributed by atoms with Crippen molar-refractivity contribution in [3.8, 4) is 5.75 Å². The van der Waals surface area contributed by atoms with E-state index in [0.29, 0.717) is 0 Å². The quantitative estimate of drug-likeness (QED) is 0.862. The predicted octanol–water partition coefficient (Wildman–Crippen LogP) is 2.47. The van der Waals surface area contributed by atoms with Crippen LogP contribution in [0.3, 0.4) is 0 Å². The van der Waals surface area contributed by atoms with Crippen molar-refractivity contribution in [2.45, 2.75) is 38.6 Å². The third kappa shape index (κ3) is 3.47. The molecule has 1 aromatic carbocycles. The van der Waals surface area contributed by atoms with E-state index in [1.165, 1.54) is 0 Å². The van der Waals surface area contributed by atoms with E-state index in [9.17, 15) is 4.79 Å². The second-order valence-corrected chi connectivity index (χ2v) is 5.41. The van der Waals surface area contributed by atoms with Crippen molar-refractivity contribution in [2.24, 2.45) is 5.73 Å². The first-order valence-corrected chi connectivity index (χ1v) is 5.91. The highest BCUT2D eigenvalue weighted by Crippen LogP contribution is 2.33. The molecule has 0 saturated heterocycles. The summed E-state index contributed by atoms with van der Waals surface area (Å²) in [6.07, 6.45) is -0.0735. The normalized spacial score (nSPS) is 13.2. The molecule has 0 heterocycles. The minimum absolute atomic E-state index is 0.0735. The maximum atomic E-state index is 10.7. The van der Waals surface area contributed by atoms with Crippen LogP contribution in [0.5, 0.6) is 5.75 Å². The van der Waals surface area contributed by atoms with Gasteiger partial charge in [-0.05, 0) is 28.7 Å². The number of benzene rings is 1. The van der Waals surface area contributed by atoms with Crippen LogP contribution in [0.2, 0.25) is 0 Å². The number of ether oxygens (including phenoxy) is 1. The van der Waals surface area contributed by atoms with Crippen LogP contribution in [0.1, 0.15) is 44.4 Å². The minimum atomic E-state index is -0.893. The molecule has 3 N–H and O–H groups in total. The average Bonchev–Trinajstić information content (AvgIpc) is 2.26. The standard InChI is InChI=1S/C14H21NO3/c1-14(2,3)10-7-9(5-6-12(10)18-4)11(15)8-13(16)17/h5-7,11H,8,15H2,1-4H3,(H,16,17). The Kier molecular flexibility index (Phi) is 4.35. The summed E-state index contributed by atoms with van der Waals surface area (Å²) < 4.78 is 5.33. The van der Waals surface area contributed by atoms with Crippen molar-refractivity contribution in [3.05, 3.63) is 29.3 Å². The van der Waals surface area contributed by atoms with Crippen molar-refractivity contribution in [1.29, 1.82) is 0 Å². The SMILES string of the molecule is COc1ccc(C(N)CC(=O)O)cc1C(C)(C)C. The minimum Gasteiger partial charge on any atom is -0.496 e. The number of hydrogen-bond acceptors (Lipinski definition) is 3. The van der Waals surface area contributed by atoms with Crippen molar-refractivity contribution in [2.75, 3.05) is 7.11 Å². The van der Waals surface area contributed by atoms with Gasteiger partial charge in [0, 0.05) is 6.04 Å². The van der Waals surface area contributed by atoms with E-state index in [1.54, 1.807) is 7.11 Å². The van der Waals surface area contributed by atoms with E-state index in [4.69, 9.17) is 15.6 Å². The molecule has 1 aromatic rings. The van der Waals surface area contributed by atoms with Crippen molar-refractivity contribution < 1.29 is 14.6 Å². The van der Waals surface area contributed by atoms with Crippen LogP contribution < -0.4 is 10.5 Å². The fourth-order valence-corrected chi connectivity index (χ4v) is 1.85. The third-order valence-corrected chi connectivity index (χ3v) is 2.85. The van der Waals surface area contributed by atoms with Gasteiger partial charge in [0.15, 0.2) is 0 Å². The van der Waals surface area contributed by atoms with Crippen LogP contribution in [-0.2, 0) is 10.2 Å². The molecular weight excluding hydrogens is 230 g/mol. The van der Waals surface area contributed by atoms with E-state index >= 15 is 0 Å². The Morgan fingerprint density at radius 2 is 2.06 bits per heavy atom. The highest BCUT2D eigenvalue weighted by molar-refractivity contribution is 5.68. The zero-order chi connectivity index (χ0) is 13.9. The first-order chi connectivity index (χ1) is 8.25. The fourth-order valence-electron chi connectivity index (χ4n) is 1.85. The lowest BCUT2D eigenvalue weighted by Crippen LogP contribution is -2.18. The Labute approximate surface area is 108 Å². The van der Waals surface area contributed by atoms with E-state index in [2.05, 4.69) is 20.8 Å². The van der Waals surface area contributed by atoms with E-state index in [1.807, 2.05) is 18.2 Å². The third-order valence-electron chi connectivity index (χ3n) is 2.85. The zero-order valence-electron chi connectivity index (χ0n) is 11.4. The molecule has 1 unspecified atom stereocenters. The summed E-state index contributed by atoms with van der Waals surface area (Å²) in [4.78, 5) is 10.7. The van der Waals surface area contributed by atoms with Crippen LogP contribution in [0, 0.1) is 0 Å². The molecule has 0 spiro atoms. The Bertz CT molecular complexity index is 435. The molecule has 0 bridgehead atoms. The van der Waals surface area contributed by atoms with Crippen LogP contribution in [0.25, 0.3) is 0 Å². The number of carbonyl (C=O) groups is 1. The maximum absolute atomic E-state index is 10.7. The first-order valence-electron chi connectivity index (χ1n) is 5.91. The fraction of sp³-hybridized carbons (Fsp3) is 0.500. The van der Waals surface area contributed by atoms with Gasteiger partial charge in [-0.1, -0.05) is 26.8 Å². The molecule has 0 aliphatic rings. The van der Waals surface area contributed by atoms with Crippen LogP contribution in [0.4, 0.5) is 0 Å². The lowest BCUT2D eigenvalue weighted by Gasteiger charge is -2.24. The summed E-state index contributed by atoms with van der Waals surface area (Å²) in [6.45, 7) is 6.24. The molecule has 0 saturated carbocycles. The van der Waals surface area contributed by atoms with Crippen molar-refractivity contribution in [1.82, 2.24) is 0 Å². The van der Waals surface area contributed by atoms with Gasteiger partial charge in [-0.3, -0.25) is 4.79 Å². The largest absolute Gasteiger partial charge is 0.496 e. The Balaban J connectivity index is 3.14. The lowest BCUT2D eigenvalue weighted by molar-refractivity contribution is -0.137. The Morgan fingerprint density at radius 1 is 1.44 bits per heavy atom. The van der Waals surface area contributed by atoms with Gasteiger partial charge in [0.05, 0.1) is 13.5 Å². The molecule has 0 aliphatic carbocycles. The molecular formula is C14H21NO3. The van der Waals surface area contributed by atoms with Gasteiger partial charge in [0.1, 0.15) is 5.75 Å². The molecule has 0 radical (unpaired) electrons. The predicted molar refractivity (Wildman–Crippen MR) is 70.9 cm³/mol. The summed E-state index contributed by atoms with van der Waals surface area (Å²) in [5, 5.41) is 8.77. The topological polar surface area (TPSA) is 72.5 Å². The molecule has 4 heteroatoms. The first kappa shape index (κ1) is 14.5. The summed E-state index contributed by atoms with van der Waals surface area (Å²) in [7, 11) is 1.63. The van der Waals surface area contributed by atoms with Gasteiger partial charge in [-0.25, -0.2) is 0 Å². The Morgan fingerprint density at radius 3 is 2.50 bits per heavy atom. The molecule has 0 aromatic heterocycles. The molecule has 4 nitrogen and oxygen atoms in total. The van der Waals surface area contributed by atoms with Crippen LogP contribution >= 0.6 is 0 Å². The summed E-state index contributed by atoms with van der Waals surface area (Å²) in [5.41, 5.74) is 7.65. The van der Waals surface area contributed by atoms with E-state index < -0.39 is 12.0 Å². The average molecular weight is 251 g/mol. The molecule has 18 heavy (non-hydrogen) atoms. The number of carboxylic acid groups (broad SMARTS) is 1. The second kappa shape index (κ2) is 5.40. The number of hydrogen-bond donors (Lipinski definition) is 2. The molecule has 1 rings (SSSR count). The van der Waals surface area contributed by atoms with Crippen LogP contribution in [0.15, 0.2) is 18.2 Å². The van der Waals surface area contributed by atoms with Gasteiger partial charge in [-0.2, -0.15) is 0 Å². The summed E-state index contributed by atoms with van der Waals surface area (Å²) in [5.74, 6) is -0.0931. The Hall–Kier alpha value is -1.55.